The lowest BCUT2D eigenvalue weighted by atomic mass is 9.95. The van der Waals surface area contributed by atoms with E-state index >= 15 is 0 Å². The van der Waals surface area contributed by atoms with Gasteiger partial charge in [0, 0.05) is 36.3 Å². The summed E-state index contributed by atoms with van der Waals surface area (Å²) in [5.74, 6) is 1.30. The van der Waals surface area contributed by atoms with Gasteiger partial charge >= 0.3 is 0 Å². The maximum absolute atomic E-state index is 12.3. The Morgan fingerprint density at radius 3 is 0.843 bits per heavy atom. The molecular formula is C42H54N6O3. The van der Waals surface area contributed by atoms with Crippen LogP contribution >= 0.6 is 0 Å². The maximum Gasteiger partial charge on any atom is 0.169 e. The van der Waals surface area contributed by atoms with Crippen molar-refractivity contribution in [1.82, 2.24) is 28.8 Å². The molecule has 51 heavy (non-hydrogen) atoms. The lowest BCUT2D eigenvalue weighted by molar-refractivity contribution is 0.0932. The summed E-state index contributed by atoms with van der Waals surface area (Å²) in [4.78, 5) is 36.9. The van der Waals surface area contributed by atoms with Gasteiger partial charge in [-0.3, -0.25) is 14.4 Å². The van der Waals surface area contributed by atoms with Gasteiger partial charge in [0.1, 0.15) is 0 Å². The summed E-state index contributed by atoms with van der Waals surface area (Å²) < 4.78 is 5.39. The first kappa shape index (κ1) is 38.9. The van der Waals surface area contributed by atoms with Crippen molar-refractivity contribution in [3.8, 4) is 0 Å². The van der Waals surface area contributed by atoms with Crippen LogP contribution in [0, 0.1) is 17.8 Å². The van der Waals surface area contributed by atoms with E-state index in [1.54, 1.807) is 13.5 Å². The molecule has 0 aliphatic rings. The molecule has 0 amide bonds. The molecule has 0 unspecified atom stereocenters. The third-order valence-corrected chi connectivity index (χ3v) is 8.65. The van der Waals surface area contributed by atoms with Crippen LogP contribution in [0.2, 0.25) is 0 Å². The van der Waals surface area contributed by atoms with Gasteiger partial charge in [-0.25, -0.2) is 13.5 Å². The average molecular weight is 691 g/mol. The molecule has 9 nitrogen and oxygen atoms in total. The minimum absolute atomic E-state index is 0.000654. The largest absolute Gasteiger partial charge is 0.294 e. The van der Waals surface area contributed by atoms with Crippen LogP contribution in [-0.4, -0.2) is 46.2 Å². The zero-order valence-electron chi connectivity index (χ0n) is 32.3. The minimum atomic E-state index is 0.000654. The lowest BCUT2D eigenvalue weighted by Crippen LogP contribution is -2.10. The second kappa shape index (κ2) is 16.4. The SMILES string of the molecule is CC(C)C(=O)c1c(C(C)C)nn2ccccc12.CC(C)C(=O)c1c(C(C)C)nn2ccccc12.CC(C)C(=O)c1c(C(C)C)nn2ccccc12. The number of rotatable bonds is 9. The molecule has 6 heterocycles. The first-order chi connectivity index (χ1) is 24.1. The second-order valence-electron chi connectivity index (χ2n) is 14.9. The molecule has 0 aromatic carbocycles. The van der Waals surface area contributed by atoms with Crippen LogP contribution in [0.15, 0.2) is 73.2 Å². The summed E-state index contributed by atoms with van der Waals surface area (Å²) in [5.41, 5.74) is 7.79. The molecular weight excluding hydrogens is 637 g/mol. The average Bonchev–Trinajstić information content (AvgIpc) is 3.79. The number of nitrogens with zero attached hydrogens (tertiary/aromatic N) is 6. The van der Waals surface area contributed by atoms with Crippen molar-refractivity contribution in [2.24, 2.45) is 17.8 Å². The highest BCUT2D eigenvalue weighted by Crippen LogP contribution is 2.27. The van der Waals surface area contributed by atoms with Crippen molar-refractivity contribution < 1.29 is 14.4 Å². The van der Waals surface area contributed by atoms with E-state index in [0.29, 0.717) is 0 Å². The number of hydrogen-bond donors (Lipinski definition) is 0. The molecule has 0 aliphatic heterocycles. The van der Waals surface area contributed by atoms with Crippen LogP contribution < -0.4 is 0 Å². The number of carbonyl (C=O) groups is 3. The predicted octanol–water partition coefficient (Wildman–Crippen LogP) is 9.89. The van der Waals surface area contributed by atoms with Crippen LogP contribution in [-0.2, 0) is 0 Å². The highest BCUT2D eigenvalue weighted by Gasteiger charge is 2.25. The monoisotopic (exact) mass is 690 g/mol. The van der Waals surface area contributed by atoms with Gasteiger partial charge in [0.2, 0.25) is 0 Å². The summed E-state index contributed by atoms with van der Waals surface area (Å²) in [5, 5.41) is 13.5. The fraction of sp³-hybridized carbons (Fsp3) is 0.429. The van der Waals surface area contributed by atoms with Crippen molar-refractivity contribution in [2.75, 3.05) is 0 Å². The van der Waals surface area contributed by atoms with E-state index in [0.717, 1.165) is 50.3 Å². The Labute approximate surface area is 302 Å². The zero-order valence-corrected chi connectivity index (χ0v) is 32.3. The first-order valence-corrected chi connectivity index (χ1v) is 18.1. The molecule has 0 N–H and O–H groups in total. The van der Waals surface area contributed by atoms with Crippen molar-refractivity contribution in [1.29, 1.82) is 0 Å². The Morgan fingerprint density at radius 2 is 0.647 bits per heavy atom. The Hall–Kier alpha value is -4.92. The molecule has 9 heteroatoms. The molecule has 0 saturated heterocycles. The fourth-order valence-electron chi connectivity index (χ4n) is 5.89. The molecule has 0 spiro atoms. The number of hydrogen-bond acceptors (Lipinski definition) is 6. The molecule has 0 saturated carbocycles. The standard InChI is InChI=1S/3C14H18N2O/c3*1-9(2)13-12(14(17)10(3)4)11-7-5-6-8-16(11)15-13/h3*5-10H,1-4H3. The lowest BCUT2D eigenvalue weighted by Gasteiger charge is -2.07. The number of ketones is 3. The van der Waals surface area contributed by atoms with Crippen molar-refractivity contribution in [2.45, 2.75) is 101 Å². The van der Waals surface area contributed by atoms with E-state index in [1.165, 1.54) is 0 Å². The van der Waals surface area contributed by atoms with E-state index in [4.69, 9.17) is 0 Å². The Balaban J connectivity index is 0.000000172. The van der Waals surface area contributed by atoms with Crippen molar-refractivity contribution in [3.63, 3.8) is 0 Å². The van der Waals surface area contributed by atoms with Crippen LogP contribution in [0.25, 0.3) is 16.6 Å². The molecule has 0 bridgehead atoms. The Kier molecular flexibility index (Phi) is 12.5. The summed E-state index contributed by atoms with van der Waals surface area (Å²) in [7, 11) is 0. The van der Waals surface area contributed by atoms with Crippen LogP contribution in [0.5, 0.6) is 0 Å². The topological polar surface area (TPSA) is 103 Å². The van der Waals surface area contributed by atoms with E-state index in [-0.39, 0.29) is 52.9 Å². The third kappa shape index (κ3) is 8.35. The van der Waals surface area contributed by atoms with E-state index < -0.39 is 0 Å². The number of carbonyl (C=O) groups excluding carboxylic acids is 3. The van der Waals surface area contributed by atoms with E-state index in [9.17, 15) is 14.4 Å². The molecule has 0 radical (unpaired) electrons. The number of aromatic nitrogens is 6. The summed E-state index contributed by atoms with van der Waals surface area (Å²) >= 11 is 0. The van der Waals surface area contributed by atoms with E-state index in [1.807, 2.05) is 115 Å². The van der Waals surface area contributed by atoms with Crippen molar-refractivity contribution >= 4 is 33.9 Å². The fourth-order valence-corrected chi connectivity index (χ4v) is 5.89. The number of Topliss-reactive ketones (excluding diaryl/α,β-unsaturated/α-hetero) is 3. The normalized spacial score (nSPS) is 11.6. The van der Waals surface area contributed by atoms with Gasteiger partial charge in [0.25, 0.3) is 0 Å². The number of pyridine rings is 3. The highest BCUT2D eigenvalue weighted by molar-refractivity contribution is 6.06. The summed E-state index contributed by atoms with van der Waals surface area (Å²) in [6.45, 7) is 24.0. The molecule has 6 aromatic rings. The van der Waals surface area contributed by atoms with Gasteiger partial charge in [-0.2, -0.15) is 15.3 Å². The molecule has 0 fully saturated rings. The van der Waals surface area contributed by atoms with Crippen LogP contribution in [0.1, 0.15) is 149 Å². The molecule has 6 aromatic heterocycles. The Bertz CT molecular complexity index is 1900. The zero-order chi connectivity index (χ0) is 37.7. The minimum Gasteiger partial charge on any atom is -0.294 e. The predicted molar refractivity (Wildman–Crippen MR) is 205 cm³/mol. The third-order valence-electron chi connectivity index (χ3n) is 8.65. The van der Waals surface area contributed by atoms with Gasteiger partial charge in [-0.1, -0.05) is 101 Å². The van der Waals surface area contributed by atoms with E-state index in [2.05, 4.69) is 56.8 Å². The van der Waals surface area contributed by atoms with Gasteiger partial charge in [-0.15, -0.1) is 0 Å². The maximum atomic E-state index is 12.3. The van der Waals surface area contributed by atoms with Gasteiger partial charge in [0.05, 0.1) is 50.3 Å². The molecule has 0 atom stereocenters. The number of fused-ring (bicyclic) bond motifs is 3. The van der Waals surface area contributed by atoms with Gasteiger partial charge < -0.3 is 0 Å². The summed E-state index contributed by atoms with van der Waals surface area (Å²) in [6, 6.07) is 17.5. The van der Waals surface area contributed by atoms with Crippen LogP contribution in [0.4, 0.5) is 0 Å². The van der Waals surface area contributed by atoms with Crippen LogP contribution in [0.3, 0.4) is 0 Å². The van der Waals surface area contributed by atoms with Gasteiger partial charge in [0.15, 0.2) is 17.3 Å². The molecule has 0 aliphatic carbocycles. The summed E-state index contributed by atoms with van der Waals surface area (Å²) in [6.07, 6.45) is 5.66. The Morgan fingerprint density at radius 1 is 0.412 bits per heavy atom. The van der Waals surface area contributed by atoms with Crippen molar-refractivity contribution in [3.05, 3.63) is 107 Å². The molecule has 6 rings (SSSR count). The van der Waals surface area contributed by atoms with Gasteiger partial charge in [-0.05, 0) is 54.2 Å². The molecule has 270 valence electrons. The quantitative estimate of drug-likeness (QED) is 0.140. The smallest absolute Gasteiger partial charge is 0.169 e. The highest BCUT2D eigenvalue weighted by atomic mass is 16.1. The first-order valence-electron chi connectivity index (χ1n) is 18.1. The second-order valence-corrected chi connectivity index (χ2v) is 14.9.